The molecule has 0 spiro atoms. The number of amides is 1. The highest BCUT2D eigenvalue weighted by atomic mass is 32.1. The lowest BCUT2D eigenvalue weighted by atomic mass is 10.3. The highest BCUT2D eigenvalue weighted by molar-refractivity contribution is 7.08. The standard InChI is InChI=1S/C13H15N3OS/c1-2-7-14-12-5-3-4-11(16-12)13(17)15-10-6-8-18-9-10/h3-6,8-9H,2,7H2,1H3,(H,14,16)(H,15,17). The van der Waals surface area contributed by atoms with Gasteiger partial charge in [-0.1, -0.05) is 13.0 Å². The van der Waals surface area contributed by atoms with Gasteiger partial charge in [0.15, 0.2) is 0 Å². The van der Waals surface area contributed by atoms with Gasteiger partial charge in [0.05, 0.1) is 5.69 Å². The van der Waals surface area contributed by atoms with Crippen molar-refractivity contribution in [2.24, 2.45) is 0 Å². The number of nitrogens with one attached hydrogen (secondary N) is 2. The summed E-state index contributed by atoms with van der Waals surface area (Å²) in [4.78, 5) is 16.2. The summed E-state index contributed by atoms with van der Waals surface area (Å²) < 4.78 is 0. The average Bonchev–Trinajstić information content (AvgIpc) is 2.89. The van der Waals surface area contributed by atoms with Gasteiger partial charge in [-0.15, -0.1) is 0 Å². The first-order valence-corrected chi connectivity index (χ1v) is 6.78. The largest absolute Gasteiger partial charge is 0.370 e. The van der Waals surface area contributed by atoms with Gasteiger partial charge in [-0.05, 0) is 30.0 Å². The third kappa shape index (κ3) is 3.30. The molecule has 0 aromatic carbocycles. The van der Waals surface area contributed by atoms with Gasteiger partial charge in [-0.2, -0.15) is 11.3 Å². The highest BCUT2D eigenvalue weighted by Crippen LogP contribution is 2.13. The maximum absolute atomic E-state index is 11.9. The summed E-state index contributed by atoms with van der Waals surface area (Å²) in [7, 11) is 0. The number of anilines is 2. The van der Waals surface area contributed by atoms with Crippen LogP contribution in [0.3, 0.4) is 0 Å². The fourth-order valence-electron chi connectivity index (χ4n) is 1.44. The van der Waals surface area contributed by atoms with Crippen LogP contribution in [0.5, 0.6) is 0 Å². The van der Waals surface area contributed by atoms with E-state index < -0.39 is 0 Å². The van der Waals surface area contributed by atoms with E-state index in [1.165, 1.54) is 0 Å². The van der Waals surface area contributed by atoms with E-state index in [1.807, 2.05) is 29.0 Å². The van der Waals surface area contributed by atoms with E-state index in [-0.39, 0.29) is 5.91 Å². The predicted molar refractivity (Wildman–Crippen MR) is 75.3 cm³/mol. The number of aromatic nitrogens is 1. The molecule has 2 aromatic rings. The number of carbonyl (C=O) groups excluding carboxylic acids is 1. The van der Waals surface area contributed by atoms with Crippen molar-refractivity contribution in [3.63, 3.8) is 0 Å². The second-order valence-corrected chi connectivity index (χ2v) is 4.58. The van der Waals surface area contributed by atoms with Crippen molar-refractivity contribution in [2.45, 2.75) is 13.3 Å². The van der Waals surface area contributed by atoms with Crippen LogP contribution in [0.4, 0.5) is 11.5 Å². The summed E-state index contributed by atoms with van der Waals surface area (Å²) in [6.07, 6.45) is 1.02. The van der Waals surface area contributed by atoms with Crippen molar-refractivity contribution in [1.29, 1.82) is 0 Å². The molecule has 2 rings (SSSR count). The molecule has 2 aromatic heterocycles. The molecule has 94 valence electrons. The normalized spacial score (nSPS) is 10.1. The third-order valence-electron chi connectivity index (χ3n) is 2.32. The fourth-order valence-corrected chi connectivity index (χ4v) is 2.03. The van der Waals surface area contributed by atoms with E-state index in [1.54, 1.807) is 17.4 Å². The van der Waals surface area contributed by atoms with Crippen LogP contribution in [0.1, 0.15) is 23.8 Å². The molecule has 5 heteroatoms. The van der Waals surface area contributed by atoms with E-state index in [9.17, 15) is 4.79 Å². The number of pyridine rings is 1. The summed E-state index contributed by atoms with van der Waals surface area (Å²) in [5.41, 5.74) is 1.22. The molecule has 4 nitrogen and oxygen atoms in total. The number of hydrogen-bond donors (Lipinski definition) is 2. The molecule has 0 aliphatic heterocycles. The maximum atomic E-state index is 11.9. The fraction of sp³-hybridized carbons (Fsp3) is 0.231. The lowest BCUT2D eigenvalue weighted by Gasteiger charge is -2.06. The quantitative estimate of drug-likeness (QED) is 0.869. The molecule has 2 N–H and O–H groups in total. The van der Waals surface area contributed by atoms with E-state index in [2.05, 4.69) is 22.5 Å². The van der Waals surface area contributed by atoms with Crippen LogP contribution in [0.15, 0.2) is 35.0 Å². The predicted octanol–water partition coefficient (Wildman–Crippen LogP) is 3.22. The molecule has 18 heavy (non-hydrogen) atoms. The molecular weight excluding hydrogens is 246 g/mol. The summed E-state index contributed by atoms with van der Waals surface area (Å²) >= 11 is 1.54. The zero-order valence-electron chi connectivity index (χ0n) is 10.1. The second kappa shape index (κ2) is 6.16. The minimum absolute atomic E-state index is 0.187. The molecule has 2 heterocycles. The maximum Gasteiger partial charge on any atom is 0.274 e. The molecule has 0 aliphatic carbocycles. The molecule has 1 amide bonds. The van der Waals surface area contributed by atoms with E-state index in [0.29, 0.717) is 5.69 Å². The first kappa shape index (κ1) is 12.6. The number of hydrogen-bond acceptors (Lipinski definition) is 4. The van der Waals surface area contributed by atoms with Crippen molar-refractivity contribution in [3.8, 4) is 0 Å². The van der Waals surface area contributed by atoms with Crippen molar-refractivity contribution in [2.75, 3.05) is 17.2 Å². The molecule has 0 unspecified atom stereocenters. The zero-order valence-corrected chi connectivity index (χ0v) is 11.0. The van der Waals surface area contributed by atoms with Gasteiger partial charge >= 0.3 is 0 Å². The molecule has 0 fully saturated rings. The molecule has 0 bridgehead atoms. The van der Waals surface area contributed by atoms with Crippen LogP contribution < -0.4 is 10.6 Å². The Bertz CT molecular complexity index is 511. The van der Waals surface area contributed by atoms with E-state index >= 15 is 0 Å². The van der Waals surface area contributed by atoms with Crippen molar-refractivity contribution in [3.05, 3.63) is 40.7 Å². The molecule has 0 saturated carbocycles. The summed E-state index contributed by atoms with van der Waals surface area (Å²) in [6.45, 7) is 2.93. The minimum Gasteiger partial charge on any atom is -0.370 e. The minimum atomic E-state index is -0.187. The van der Waals surface area contributed by atoms with Gasteiger partial charge in [-0.3, -0.25) is 4.79 Å². The molecule has 0 radical (unpaired) electrons. The molecule has 0 aliphatic rings. The summed E-state index contributed by atoms with van der Waals surface area (Å²) in [5.74, 6) is 0.545. The Hall–Kier alpha value is -1.88. The van der Waals surface area contributed by atoms with Crippen LogP contribution in [-0.4, -0.2) is 17.4 Å². The summed E-state index contributed by atoms with van der Waals surface area (Å²) in [5, 5.41) is 9.77. The van der Waals surface area contributed by atoms with Crippen LogP contribution in [0, 0.1) is 0 Å². The Morgan fingerprint density at radius 2 is 2.28 bits per heavy atom. The number of nitrogens with zero attached hydrogens (tertiary/aromatic N) is 1. The Kier molecular flexibility index (Phi) is 4.30. The van der Waals surface area contributed by atoms with Crippen molar-refractivity contribution in [1.82, 2.24) is 4.98 Å². The number of thiophene rings is 1. The van der Waals surface area contributed by atoms with Crippen LogP contribution >= 0.6 is 11.3 Å². The van der Waals surface area contributed by atoms with Crippen LogP contribution in [0.2, 0.25) is 0 Å². The Morgan fingerprint density at radius 3 is 3.00 bits per heavy atom. The summed E-state index contributed by atoms with van der Waals surface area (Å²) in [6, 6.07) is 7.26. The monoisotopic (exact) mass is 261 g/mol. The molecule has 0 atom stereocenters. The Labute approximate surface area is 110 Å². The van der Waals surface area contributed by atoms with Crippen molar-refractivity contribution < 1.29 is 4.79 Å². The highest BCUT2D eigenvalue weighted by Gasteiger charge is 2.08. The Morgan fingerprint density at radius 1 is 1.39 bits per heavy atom. The lowest BCUT2D eigenvalue weighted by molar-refractivity contribution is 0.102. The Balaban J connectivity index is 2.05. The number of rotatable bonds is 5. The van der Waals surface area contributed by atoms with Gasteiger partial charge in [0.25, 0.3) is 5.91 Å². The van der Waals surface area contributed by atoms with Crippen LogP contribution in [0.25, 0.3) is 0 Å². The smallest absolute Gasteiger partial charge is 0.274 e. The van der Waals surface area contributed by atoms with Gasteiger partial charge in [0.1, 0.15) is 11.5 Å². The van der Waals surface area contributed by atoms with E-state index in [4.69, 9.17) is 0 Å². The first-order chi connectivity index (χ1) is 8.79. The lowest BCUT2D eigenvalue weighted by Crippen LogP contribution is -2.14. The molecule has 0 saturated heterocycles. The van der Waals surface area contributed by atoms with Gasteiger partial charge < -0.3 is 10.6 Å². The second-order valence-electron chi connectivity index (χ2n) is 3.80. The van der Waals surface area contributed by atoms with Gasteiger partial charge in [-0.25, -0.2) is 4.98 Å². The number of carbonyl (C=O) groups is 1. The van der Waals surface area contributed by atoms with Crippen molar-refractivity contribution >= 4 is 28.7 Å². The SMILES string of the molecule is CCCNc1cccc(C(=O)Nc2ccsc2)n1. The van der Waals surface area contributed by atoms with Gasteiger partial charge in [0, 0.05) is 11.9 Å². The van der Waals surface area contributed by atoms with E-state index in [0.717, 1.165) is 24.5 Å². The van der Waals surface area contributed by atoms with Gasteiger partial charge in [0.2, 0.25) is 0 Å². The van der Waals surface area contributed by atoms with Crippen LogP contribution in [-0.2, 0) is 0 Å². The average molecular weight is 261 g/mol. The zero-order chi connectivity index (χ0) is 12.8. The first-order valence-electron chi connectivity index (χ1n) is 5.84. The third-order valence-corrected chi connectivity index (χ3v) is 3.00. The topological polar surface area (TPSA) is 54.0 Å². The molecular formula is C13H15N3OS.